The largest absolute Gasteiger partial charge is 0.437 e. The van der Waals surface area contributed by atoms with Gasteiger partial charge in [0.05, 0.1) is 11.9 Å². The Morgan fingerprint density at radius 2 is 2.06 bits per heavy atom. The van der Waals surface area contributed by atoms with Crippen molar-refractivity contribution < 1.29 is 9.13 Å². The summed E-state index contributed by atoms with van der Waals surface area (Å²) in [5.41, 5.74) is 0.846. The third kappa shape index (κ3) is 3.00. The fourth-order valence-electron chi connectivity index (χ4n) is 1.34. The van der Waals surface area contributed by atoms with Gasteiger partial charge in [-0.1, -0.05) is 19.9 Å². The molecule has 0 saturated carbocycles. The summed E-state index contributed by atoms with van der Waals surface area (Å²) in [6.07, 6.45) is 3.21. The summed E-state index contributed by atoms with van der Waals surface area (Å²) in [7, 11) is 0. The molecule has 2 rings (SSSR count). The minimum absolute atomic E-state index is 0.276. The van der Waals surface area contributed by atoms with Gasteiger partial charge in [0.1, 0.15) is 11.6 Å². The average molecular weight is 232 g/mol. The summed E-state index contributed by atoms with van der Waals surface area (Å²) in [6.45, 7) is 4.05. The van der Waals surface area contributed by atoms with Gasteiger partial charge in [0.15, 0.2) is 0 Å². The number of rotatable bonds is 3. The van der Waals surface area contributed by atoms with Crippen molar-refractivity contribution >= 4 is 0 Å². The van der Waals surface area contributed by atoms with Crippen molar-refractivity contribution in [3.05, 3.63) is 48.2 Å². The molecule has 0 amide bonds. The van der Waals surface area contributed by atoms with Crippen LogP contribution in [0.1, 0.15) is 25.5 Å². The molecule has 0 bridgehead atoms. The Bertz CT molecular complexity index is 514. The lowest BCUT2D eigenvalue weighted by molar-refractivity contribution is 0.452. The van der Waals surface area contributed by atoms with Crippen LogP contribution in [0.25, 0.3) is 0 Å². The van der Waals surface area contributed by atoms with Gasteiger partial charge in [-0.15, -0.1) is 0 Å². The number of hydrogen-bond acceptors (Lipinski definition) is 3. The van der Waals surface area contributed by atoms with Crippen LogP contribution in [0.3, 0.4) is 0 Å². The third-order valence-corrected chi connectivity index (χ3v) is 2.24. The van der Waals surface area contributed by atoms with E-state index in [1.54, 1.807) is 18.3 Å². The molecular formula is C13H13FN2O. The molecule has 4 heteroatoms. The van der Waals surface area contributed by atoms with Crippen LogP contribution < -0.4 is 4.74 Å². The average Bonchev–Trinajstić information content (AvgIpc) is 2.29. The first kappa shape index (κ1) is 11.5. The lowest BCUT2D eigenvalue weighted by Crippen LogP contribution is -1.96. The maximum Gasteiger partial charge on any atom is 0.238 e. The highest BCUT2D eigenvalue weighted by Gasteiger charge is 2.05. The molecule has 88 valence electrons. The van der Waals surface area contributed by atoms with Crippen molar-refractivity contribution in [1.29, 1.82) is 0 Å². The molecule has 0 aliphatic heterocycles. The molecule has 3 nitrogen and oxygen atoms in total. The molecule has 0 radical (unpaired) electrons. The first-order valence-corrected chi connectivity index (χ1v) is 5.40. The van der Waals surface area contributed by atoms with Gasteiger partial charge < -0.3 is 4.74 Å². The van der Waals surface area contributed by atoms with E-state index in [-0.39, 0.29) is 11.7 Å². The van der Waals surface area contributed by atoms with Crippen LogP contribution in [-0.4, -0.2) is 9.97 Å². The zero-order valence-electron chi connectivity index (χ0n) is 9.72. The molecular weight excluding hydrogens is 219 g/mol. The molecule has 0 N–H and O–H groups in total. The van der Waals surface area contributed by atoms with Crippen LogP contribution >= 0.6 is 0 Å². The van der Waals surface area contributed by atoms with Crippen LogP contribution in [0, 0.1) is 5.82 Å². The standard InChI is InChI=1S/C13H13FN2O/c1-9(2)12-7-15-8-13(16-12)17-11-5-3-4-10(14)6-11/h3-9H,1-2H3. The Balaban J connectivity index is 2.21. The predicted octanol–water partition coefficient (Wildman–Crippen LogP) is 3.53. The maximum atomic E-state index is 13.0. The van der Waals surface area contributed by atoms with Crippen LogP contribution in [-0.2, 0) is 0 Å². The number of benzene rings is 1. The highest BCUT2D eigenvalue weighted by atomic mass is 19.1. The lowest BCUT2D eigenvalue weighted by atomic mass is 10.1. The second-order valence-electron chi connectivity index (χ2n) is 4.00. The van der Waals surface area contributed by atoms with Gasteiger partial charge in [0.2, 0.25) is 5.88 Å². The highest BCUT2D eigenvalue weighted by molar-refractivity contribution is 5.26. The van der Waals surface area contributed by atoms with Crippen molar-refractivity contribution in [3.63, 3.8) is 0 Å². The van der Waals surface area contributed by atoms with E-state index in [1.165, 1.54) is 18.3 Å². The minimum atomic E-state index is -0.338. The summed E-state index contributed by atoms with van der Waals surface area (Å²) in [5, 5.41) is 0. The van der Waals surface area contributed by atoms with Gasteiger partial charge in [0.25, 0.3) is 0 Å². The molecule has 0 aliphatic rings. The molecule has 0 unspecified atom stereocenters. The Morgan fingerprint density at radius 1 is 1.24 bits per heavy atom. The van der Waals surface area contributed by atoms with Crippen molar-refractivity contribution in [3.8, 4) is 11.6 Å². The SMILES string of the molecule is CC(C)c1cncc(Oc2cccc(F)c2)n1. The molecule has 1 aromatic heterocycles. The quantitative estimate of drug-likeness (QED) is 0.812. The van der Waals surface area contributed by atoms with Gasteiger partial charge in [0, 0.05) is 12.3 Å². The van der Waals surface area contributed by atoms with Crippen molar-refractivity contribution in [2.24, 2.45) is 0 Å². The van der Waals surface area contributed by atoms with Crippen LogP contribution in [0.2, 0.25) is 0 Å². The zero-order valence-corrected chi connectivity index (χ0v) is 9.72. The molecule has 0 fully saturated rings. The van der Waals surface area contributed by atoms with E-state index in [1.807, 2.05) is 13.8 Å². The second kappa shape index (κ2) is 4.91. The Morgan fingerprint density at radius 3 is 2.76 bits per heavy atom. The molecule has 17 heavy (non-hydrogen) atoms. The summed E-state index contributed by atoms with van der Waals surface area (Å²) in [4.78, 5) is 8.33. The second-order valence-corrected chi connectivity index (χ2v) is 4.00. The van der Waals surface area contributed by atoms with Crippen LogP contribution in [0.5, 0.6) is 11.6 Å². The molecule has 2 aromatic rings. The summed E-state index contributed by atoms with van der Waals surface area (Å²) >= 11 is 0. The van der Waals surface area contributed by atoms with Crippen molar-refractivity contribution in [2.45, 2.75) is 19.8 Å². The topological polar surface area (TPSA) is 35.0 Å². The molecule has 0 saturated heterocycles. The first-order chi connectivity index (χ1) is 8.15. The fourth-order valence-corrected chi connectivity index (χ4v) is 1.34. The Labute approximate surface area is 99.3 Å². The molecule has 0 aliphatic carbocycles. The number of hydrogen-bond donors (Lipinski definition) is 0. The molecule has 0 spiro atoms. The van der Waals surface area contributed by atoms with Gasteiger partial charge in [-0.2, -0.15) is 0 Å². The van der Waals surface area contributed by atoms with E-state index in [4.69, 9.17) is 4.74 Å². The van der Waals surface area contributed by atoms with Gasteiger partial charge >= 0.3 is 0 Å². The van der Waals surface area contributed by atoms with Crippen molar-refractivity contribution in [1.82, 2.24) is 9.97 Å². The molecule has 1 heterocycles. The van der Waals surface area contributed by atoms with E-state index in [9.17, 15) is 4.39 Å². The zero-order chi connectivity index (χ0) is 12.3. The smallest absolute Gasteiger partial charge is 0.238 e. The normalized spacial score (nSPS) is 10.6. The summed E-state index contributed by atoms with van der Waals surface area (Å²) in [5.74, 6) is 0.732. The van der Waals surface area contributed by atoms with Gasteiger partial charge in [-0.05, 0) is 18.1 Å². The van der Waals surface area contributed by atoms with Crippen LogP contribution in [0.4, 0.5) is 4.39 Å². The minimum Gasteiger partial charge on any atom is -0.437 e. The van der Waals surface area contributed by atoms with Gasteiger partial charge in [-0.25, -0.2) is 9.37 Å². The van der Waals surface area contributed by atoms with E-state index in [2.05, 4.69) is 9.97 Å². The van der Waals surface area contributed by atoms with E-state index in [0.717, 1.165) is 5.69 Å². The summed E-state index contributed by atoms with van der Waals surface area (Å²) < 4.78 is 18.4. The molecule has 0 atom stereocenters. The van der Waals surface area contributed by atoms with E-state index in [0.29, 0.717) is 11.6 Å². The monoisotopic (exact) mass is 232 g/mol. The summed E-state index contributed by atoms with van der Waals surface area (Å²) in [6, 6.07) is 5.93. The Kier molecular flexibility index (Phi) is 3.32. The maximum absolute atomic E-state index is 13.0. The van der Waals surface area contributed by atoms with E-state index < -0.39 is 0 Å². The predicted molar refractivity (Wildman–Crippen MR) is 62.6 cm³/mol. The lowest BCUT2D eigenvalue weighted by Gasteiger charge is -2.07. The van der Waals surface area contributed by atoms with Crippen LogP contribution in [0.15, 0.2) is 36.7 Å². The number of halogens is 1. The third-order valence-electron chi connectivity index (χ3n) is 2.24. The van der Waals surface area contributed by atoms with E-state index >= 15 is 0 Å². The Hall–Kier alpha value is -1.97. The fraction of sp³-hybridized carbons (Fsp3) is 0.231. The number of aromatic nitrogens is 2. The van der Waals surface area contributed by atoms with Crippen molar-refractivity contribution in [2.75, 3.05) is 0 Å². The first-order valence-electron chi connectivity index (χ1n) is 5.40. The number of ether oxygens (including phenoxy) is 1. The molecule has 1 aromatic carbocycles. The highest BCUT2D eigenvalue weighted by Crippen LogP contribution is 2.21. The van der Waals surface area contributed by atoms with Gasteiger partial charge in [-0.3, -0.25) is 4.98 Å². The number of nitrogens with zero attached hydrogens (tertiary/aromatic N) is 2.